The number of hydrogen-bond acceptors (Lipinski definition) is 3. The summed E-state index contributed by atoms with van der Waals surface area (Å²) >= 11 is 6.00. The Morgan fingerprint density at radius 2 is 1.53 bits per heavy atom. The first-order valence-corrected chi connectivity index (χ1v) is 9.42. The van der Waals surface area contributed by atoms with Crippen LogP contribution in [0, 0.1) is 11.6 Å². The number of anilines is 1. The maximum atomic E-state index is 13.8. The van der Waals surface area contributed by atoms with Gasteiger partial charge in [-0.25, -0.2) is 8.78 Å². The molecule has 1 aromatic heterocycles. The van der Waals surface area contributed by atoms with E-state index < -0.39 is 29.0 Å². The molecule has 0 fully saturated rings. The van der Waals surface area contributed by atoms with Crippen LogP contribution in [0.15, 0.2) is 75.9 Å². The first kappa shape index (κ1) is 18.5. The number of hydrogen-bond donors (Lipinski definition) is 0. The van der Waals surface area contributed by atoms with Gasteiger partial charge in [-0.05, 0) is 60.2 Å². The Kier molecular flexibility index (Phi) is 4.18. The molecule has 1 amide bonds. The fourth-order valence-electron chi connectivity index (χ4n) is 3.77. The number of nitrogens with zero attached hydrogens (tertiary/aromatic N) is 1. The van der Waals surface area contributed by atoms with Crippen molar-refractivity contribution in [1.29, 1.82) is 0 Å². The van der Waals surface area contributed by atoms with E-state index in [-0.39, 0.29) is 22.3 Å². The van der Waals surface area contributed by atoms with Crippen molar-refractivity contribution < 1.29 is 18.0 Å². The molecular weight excluding hydrogens is 412 g/mol. The molecule has 0 spiro atoms. The highest BCUT2D eigenvalue weighted by molar-refractivity contribution is 6.30. The number of carbonyl (C=O) groups is 1. The lowest BCUT2D eigenvalue weighted by molar-refractivity contribution is 0.0971. The molecule has 0 saturated heterocycles. The number of amides is 1. The SMILES string of the molecule is O=C1c2oc3ccc(F)cc3c(=O)c2C(c2ccc(Cl)cc2)N1c1ccc(F)cc1. The standard InChI is InChI=1S/C23H12ClF2NO3/c24-13-3-1-12(2-4-13)20-19-21(28)17-11-15(26)7-10-18(17)30-22(19)23(29)27(20)16-8-5-14(25)6-9-16/h1-11,20H. The van der Waals surface area contributed by atoms with E-state index in [2.05, 4.69) is 0 Å². The lowest BCUT2D eigenvalue weighted by Gasteiger charge is -2.25. The molecule has 1 unspecified atom stereocenters. The third kappa shape index (κ3) is 2.80. The third-order valence-electron chi connectivity index (χ3n) is 5.12. The molecule has 1 atom stereocenters. The van der Waals surface area contributed by atoms with Crippen molar-refractivity contribution in [3.05, 3.63) is 110 Å². The summed E-state index contributed by atoms with van der Waals surface area (Å²) in [5.41, 5.74) is 0.721. The largest absolute Gasteiger partial charge is 0.450 e. The summed E-state index contributed by atoms with van der Waals surface area (Å²) in [5.74, 6) is -1.71. The first-order valence-electron chi connectivity index (χ1n) is 9.05. The van der Waals surface area contributed by atoms with Gasteiger partial charge >= 0.3 is 0 Å². The molecule has 30 heavy (non-hydrogen) atoms. The summed E-state index contributed by atoms with van der Waals surface area (Å²) in [4.78, 5) is 28.0. The molecule has 0 aliphatic carbocycles. The van der Waals surface area contributed by atoms with E-state index in [9.17, 15) is 18.4 Å². The Labute approximate surface area is 173 Å². The van der Waals surface area contributed by atoms with Crippen LogP contribution in [0.25, 0.3) is 11.0 Å². The van der Waals surface area contributed by atoms with E-state index in [1.165, 1.54) is 35.2 Å². The van der Waals surface area contributed by atoms with Crippen LogP contribution in [-0.4, -0.2) is 5.91 Å². The highest BCUT2D eigenvalue weighted by Crippen LogP contribution is 2.41. The van der Waals surface area contributed by atoms with Gasteiger partial charge in [-0.3, -0.25) is 14.5 Å². The van der Waals surface area contributed by atoms with Crippen LogP contribution in [0.2, 0.25) is 5.02 Å². The highest BCUT2D eigenvalue weighted by Gasteiger charge is 2.43. The Morgan fingerprint density at radius 1 is 0.867 bits per heavy atom. The molecule has 0 radical (unpaired) electrons. The average molecular weight is 424 g/mol. The minimum atomic E-state index is -0.834. The Hall–Kier alpha value is -3.51. The van der Waals surface area contributed by atoms with Gasteiger partial charge in [0.2, 0.25) is 5.76 Å². The van der Waals surface area contributed by atoms with Crippen molar-refractivity contribution >= 4 is 34.2 Å². The molecule has 4 nitrogen and oxygen atoms in total. The van der Waals surface area contributed by atoms with E-state index in [0.717, 1.165) is 12.1 Å². The van der Waals surface area contributed by atoms with E-state index in [0.29, 0.717) is 16.3 Å². The van der Waals surface area contributed by atoms with Crippen LogP contribution >= 0.6 is 11.6 Å². The summed E-state index contributed by atoms with van der Waals surface area (Å²) in [7, 11) is 0. The molecule has 0 N–H and O–H groups in total. The molecule has 7 heteroatoms. The normalized spacial score (nSPS) is 15.6. The molecule has 0 saturated carbocycles. The predicted molar refractivity (Wildman–Crippen MR) is 109 cm³/mol. The molecule has 3 aromatic carbocycles. The Morgan fingerprint density at radius 3 is 2.23 bits per heavy atom. The van der Waals surface area contributed by atoms with Gasteiger partial charge in [-0.15, -0.1) is 0 Å². The minimum Gasteiger partial charge on any atom is -0.450 e. The van der Waals surface area contributed by atoms with Crippen molar-refractivity contribution in [3.8, 4) is 0 Å². The fraction of sp³-hybridized carbons (Fsp3) is 0.0435. The van der Waals surface area contributed by atoms with Crippen LogP contribution in [-0.2, 0) is 0 Å². The molecule has 5 rings (SSSR count). The van der Waals surface area contributed by atoms with Gasteiger partial charge in [0, 0.05) is 10.7 Å². The summed E-state index contributed by atoms with van der Waals surface area (Å²) in [6.45, 7) is 0. The zero-order valence-corrected chi connectivity index (χ0v) is 16.0. The Bertz CT molecular complexity index is 1360. The quantitative estimate of drug-likeness (QED) is 0.429. The molecular formula is C23H12ClF2NO3. The average Bonchev–Trinajstić information content (AvgIpc) is 3.03. The fourth-order valence-corrected chi connectivity index (χ4v) is 3.90. The van der Waals surface area contributed by atoms with Gasteiger partial charge in [0.05, 0.1) is 17.0 Å². The second-order valence-corrected chi connectivity index (χ2v) is 7.36. The van der Waals surface area contributed by atoms with E-state index in [1.807, 2.05) is 0 Å². The van der Waals surface area contributed by atoms with Crippen molar-refractivity contribution in [1.82, 2.24) is 0 Å². The molecule has 148 valence electrons. The summed E-state index contributed by atoms with van der Waals surface area (Å²) < 4.78 is 33.0. The van der Waals surface area contributed by atoms with Gasteiger partial charge in [0.25, 0.3) is 5.91 Å². The number of carbonyl (C=O) groups excluding carboxylic acids is 1. The molecule has 1 aliphatic rings. The number of halogens is 3. The molecule has 0 bridgehead atoms. The third-order valence-corrected chi connectivity index (χ3v) is 5.37. The van der Waals surface area contributed by atoms with E-state index in [1.54, 1.807) is 24.3 Å². The molecule has 2 heterocycles. The first-order chi connectivity index (χ1) is 14.4. The Balaban J connectivity index is 1.81. The summed E-state index contributed by atoms with van der Waals surface area (Å²) in [6, 6.07) is 14.8. The van der Waals surface area contributed by atoms with Crippen molar-refractivity contribution in [2.45, 2.75) is 6.04 Å². The van der Waals surface area contributed by atoms with Gasteiger partial charge in [0.1, 0.15) is 17.2 Å². The number of rotatable bonds is 2. The highest BCUT2D eigenvalue weighted by atomic mass is 35.5. The van der Waals surface area contributed by atoms with Gasteiger partial charge in [0.15, 0.2) is 5.43 Å². The second kappa shape index (κ2) is 6.78. The lowest BCUT2D eigenvalue weighted by atomic mass is 9.98. The molecule has 1 aliphatic heterocycles. The smallest absolute Gasteiger partial charge is 0.295 e. The zero-order valence-electron chi connectivity index (χ0n) is 15.2. The van der Waals surface area contributed by atoms with Crippen molar-refractivity contribution in [2.75, 3.05) is 4.90 Å². The molecule has 4 aromatic rings. The van der Waals surface area contributed by atoms with Crippen molar-refractivity contribution in [2.24, 2.45) is 0 Å². The summed E-state index contributed by atoms with van der Waals surface area (Å²) in [6.07, 6.45) is 0. The van der Waals surface area contributed by atoms with Crippen molar-refractivity contribution in [3.63, 3.8) is 0 Å². The number of fused-ring (bicyclic) bond motifs is 2. The lowest BCUT2D eigenvalue weighted by Crippen LogP contribution is -2.29. The van der Waals surface area contributed by atoms with E-state index >= 15 is 0 Å². The van der Waals surface area contributed by atoms with Crippen LogP contribution in [0.5, 0.6) is 0 Å². The van der Waals surface area contributed by atoms with Crippen LogP contribution in [0.1, 0.15) is 27.7 Å². The predicted octanol–water partition coefficient (Wildman–Crippen LogP) is 5.47. The maximum Gasteiger partial charge on any atom is 0.295 e. The minimum absolute atomic E-state index is 0.0430. The van der Waals surface area contributed by atoms with E-state index in [4.69, 9.17) is 16.0 Å². The second-order valence-electron chi connectivity index (χ2n) is 6.92. The van der Waals surface area contributed by atoms with Crippen LogP contribution in [0.4, 0.5) is 14.5 Å². The topological polar surface area (TPSA) is 50.5 Å². The van der Waals surface area contributed by atoms with Gasteiger partial charge in [-0.2, -0.15) is 0 Å². The van der Waals surface area contributed by atoms with Crippen LogP contribution < -0.4 is 10.3 Å². The monoisotopic (exact) mass is 423 g/mol. The van der Waals surface area contributed by atoms with Gasteiger partial charge < -0.3 is 4.42 Å². The summed E-state index contributed by atoms with van der Waals surface area (Å²) in [5, 5.41) is 0.533. The zero-order chi connectivity index (χ0) is 21.0. The maximum absolute atomic E-state index is 13.8. The van der Waals surface area contributed by atoms with Gasteiger partial charge in [-0.1, -0.05) is 23.7 Å². The number of benzene rings is 3. The van der Waals surface area contributed by atoms with Crippen LogP contribution in [0.3, 0.4) is 0 Å².